The van der Waals surface area contributed by atoms with Gasteiger partial charge in [0.2, 0.25) is 0 Å². The van der Waals surface area contributed by atoms with Gasteiger partial charge in [0.1, 0.15) is 12.9 Å². The van der Waals surface area contributed by atoms with Crippen molar-refractivity contribution >= 4 is 6.29 Å². The van der Waals surface area contributed by atoms with E-state index in [4.69, 9.17) is 4.74 Å². The lowest BCUT2D eigenvalue weighted by molar-refractivity contribution is -0.107. The maximum Gasteiger partial charge on any atom is 0.316 e. The van der Waals surface area contributed by atoms with E-state index in [1.807, 2.05) is 6.92 Å². The molecule has 1 aromatic heterocycles. The third kappa shape index (κ3) is 3.95. The smallest absolute Gasteiger partial charge is 0.316 e. The highest BCUT2D eigenvalue weighted by molar-refractivity contribution is 5.51. The first-order valence-corrected chi connectivity index (χ1v) is 4.39. The van der Waals surface area contributed by atoms with Crippen molar-refractivity contribution in [3.63, 3.8) is 0 Å². The highest BCUT2D eigenvalue weighted by Crippen LogP contribution is 2.00. The summed E-state index contributed by atoms with van der Waals surface area (Å²) in [6.07, 6.45) is 2.46. The minimum atomic E-state index is 0.345. The Labute approximate surface area is 82.5 Å². The molecule has 0 spiro atoms. The summed E-state index contributed by atoms with van der Waals surface area (Å²) in [6, 6.07) is 2.18. The van der Waals surface area contributed by atoms with Crippen LogP contribution in [-0.2, 0) is 4.79 Å². The van der Waals surface area contributed by atoms with E-state index in [2.05, 4.69) is 15.3 Å². The molecule has 0 aliphatic rings. The van der Waals surface area contributed by atoms with Gasteiger partial charge in [0.05, 0.1) is 6.54 Å². The van der Waals surface area contributed by atoms with E-state index in [9.17, 15) is 4.79 Å². The molecule has 5 heteroatoms. The Morgan fingerprint density at radius 3 is 3.21 bits per heavy atom. The fourth-order valence-electron chi connectivity index (χ4n) is 0.871. The number of hydrogen-bond donors (Lipinski definition) is 1. The normalized spacial score (nSPS) is 9.79. The Bertz CT molecular complexity index is 291. The molecule has 0 amide bonds. The average Bonchev–Trinajstić information content (AvgIpc) is 2.18. The SMILES string of the molecule is Cc1ccnc(OCCNCC=O)n1. The van der Waals surface area contributed by atoms with Crippen LogP contribution in [0.4, 0.5) is 0 Å². The minimum Gasteiger partial charge on any atom is -0.462 e. The molecule has 0 fully saturated rings. The van der Waals surface area contributed by atoms with E-state index in [1.165, 1.54) is 0 Å². The Hall–Kier alpha value is -1.49. The molecule has 0 saturated heterocycles. The zero-order valence-electron chi connectivity index (χ0n) is 8.06. The van der Waals surface area contributed by atoms with Gasteiger partial charge in [-0.15, -0.1) is 0 Å². The number of nitrogens with zero attached hydrogens (tertiary/aromatic N) is 2. The summed E-state index contributed by atoms with van der Waals surface area (Å²) < 4.78 is 5.23. The van der Waals surface area contributed by atoms with Crippen LogP contribution >= 0.6 is 0 Å². The van der Waals surface area contributed by atoms with Crippen LogP contribution in [0, 0.1) is 6.92 Å². The first-order chi connectivity index (χ1) is 6.83. The van der Waals surface area contributed by atoms with Crippen molar-refractivity contribution in [1.29, 1.82) is 0 Å². The molecule has 0 aliphatic heterocycles. The number of aromatic nitrogens is 2. The van der Waals surface area contributed by atoms with E-state index in [1.54, 1.807) is 12.3 Å². The van der Waals surface area contributed by atoms with Crippen molar-refractivity contribution in [2.75, 3.05) is 19.7 Å². The highest BCUT2D eigenvalue weighted by atomic mass is 16.5. The lowest BCUT2D eigenvalue weighted by Gasteiger charge is -2.03. The maximum absolute atomic E-state index is 9.95. The van der Waals surface area contributed by atoms with Gasteiger partial charge < -0.3 is 14.8 Å². The molecule has 14 heavy (non-hydrogen) atoms. The fourth-order valence-corrected chi connectivity index (χ4v) is 0.871. The zero-order valence-corrected chi connectivity index (χ0v) is 8.06. The van der Waals surface area contributed by atoms with Crippen LogP contribution in [0.2, 0.25) is 0 Å². The van der Waals surface area contributed by atoms with Crippen molar-refractivity contribution < 1.29 is 9.53 Å². The minimum absolute atomic E-state index is 0.345. The topological polar surface area (TPSA) is 64.1 Å². The van der Waals surface area contributed by atoms with E-state index >= 15 is 0 Å². The molecule has 0 radical (unpaired) electrons. The van der Waals surface area contributed by atoms with Crippen molar-refractivity contribution in [1.82, 2.24) is 15.3 Å². The lowest BCUT2D eigenvalue weighted by Crippen LogP contribution is -2.23. The van der Waals surface area contributed by atoms with Gasteiger partial charge in [-0.05, 0) is 13.0 Å². The van der Waals surface area contributed by atoms with Crippen LogP contribution in [0.15, 0.2) is 12.3 Å². The molecule has 0 bridgehead atoms. The average molecular weight is 195 g/mol. The second-order valence-electron chi connectivity index (χ2n) is 2.70. The predicted octanol–water partition coefficient (Wildman–Crippen LogP) is -0.0477. The first-order valence-electron chi connectivity index (χ1n) is 4.39. The van der Waals surface area contributed by atoms with Crippen LogP contribution < -0.4 is 10.1 Å². The van der Waals surface area contributed by atoms with E-state index < -0.39 is 0 Å². The zero-order chi connectivity index (χ0) is 10.2. The van der Waals surface area contributed by atoms with Gasteiger partial charge in [0.15, 0.2) is 0 Å². The number of aldehydes is 1. The Kier molecular flexibility index (Phi) is 4.57. The molecule has 1 heterocycles. The molecule has 1 rings (SSSR count). The third-order valence-electron chi connectivity index (χ3n) is 1.51. The number of carbonyl (C=O) groups excluding carboxylic acids is 1. The summed E-state index contributed by atoms with van der Waals surface area (Å²) in [5, 5.41) is 2.87. The molecular formula is C9H13N3O2. The summed E-state index contributed by atoms with van der Waals surface area (Å²) in [5.74, 6) is 0. The van der Waals surface area contributed by atoms with Gasteiger partial charge in [-0.25, -0.2) is 9.97 Å². The van der Waals surface area contributed by atoms with Crippen molar-refractivity contribution in [3.8, 4) is 6.01 Å². The summed E-state index contributed by atoms with van der Waals surface area (Å²) in [6.45, 7) is 3.28. The molecule has 0 aliphatic carbocycles. The van der Waals surface area contributed by atoms with Gasteiger partial charge >= 0.3 is 6.01 Å². The van der Waals surface area contributed by atoms with Gasteiger partial charge in [-0.1, -0.05) is 0 Å². The van der Waals surface area contributed by atoms with Crippen molar-refractivity contribution in [3.05, 3.63) is 18.0 Å². The van der Waals surface area contributed by atoms with E-state index in [0.717, 1.165) is 12.0 Å². The van der Waals surface area contributed by atoms with Crippen molar-refractivity contribution in [2.24, 2.45) is 0 Å². The molecule has 0 atom stereocenters. The predicted molar refractivity (Wildman–Crippen MR) is 51.2 cm³/mol. The molecule has 0 saturated carbocycles. The summed E-state index contributed by atoms with van der Waals surface area (Å²) in [7, 11) is 0. The molecule has 1 aromatic rings. The lowest BCUT2D eigenvalue weighted by atomic mass is 10.5. The maximum atomic E-state index is 9.95. The number of carbonyl (C=O) groups is 1. The molecule has 0 unspecified atom stereocenters. The van der Waals surface area contributed by atoms with Gasteiger partial charge in [-0.3, -0.25) is 0 Å². The molecule has 0 aromatic carbocycles. The first kappa shape index (κ1) is 10.6. The largest absolute Gasteiger partial charge is 0.462 e. The molecule has 1 N–H and O–H groups in total. The van der Waals surface area contributed by atoms with E-state index in [0.29, 0.717) is 25.7 Å². The van der Waals surface area contributed by atoms with Gasteiger partial charge in [0.25, 0.3) is 0 Å². The highest BCUT2D eigenvalue weighted by Gasteiger charge is 1.95. The third-order valence-corrected chi connectivity index (χ3v) is 1.51. The van der Waals surface area contributed by atoms with Crippen LogP contribution in [0.1, 0.15) is 5.69 Å². The van der Waals surface area contributed by atoms with Gasteiger partial charge in [0, 0.05) is 18.4 Å². The number of hydrogen-bond acceptors (Lipinski definition) is 5. The Balaban J connectivity index is 2.21. The van der Waals surface area contributed by atoms with E-state index in [-0.39, 0.29) is 0 Å². The standard InChI is InChI=1S/C9H13N3O2/c1-8-2-3-11-9(12-8)14-7-5-10-4-6-13/h2-3,6,10H,4-5,7H2,1H3. The fraction of sp³-hybridized carbons (Fsp3) is 0.444. The monoisotopic (exact) mass is 195 g/mol. The summed E-state index contributed by atoms with van der Waals surface area (Å²) in [4.78, 5) is 17.9. The second kappa shape index (κ2) is 6.04. The molecule has 76 valence electrons. The quantitative estimate of drug-likeness (QED) is 0.509. The number of ether oxygens (including phenoxy) is 1. The van der Waals surface area contributed by atoms with Crippen LogP contribution in [0.3, 0.4) is 0 Å². The number of aryl methyl sites for hydroxylation is 1. The number of rotatable bonds is 6. The summed E-state index contributed by atoms with van der Waals surface area (Å²) >= 11 is 0. The van der Waals surface area contributed by atoms with Crippen LogP contribution in [0.5, 0.6) is 6.01 Å². The Morgan fingerprint density at radius 1 is 1.64 bits per heavy atom. The van der Waals surface area contributed by atoms with Crippen LogP contribution in [-0.4, -0.2) is 36.0 Å². The second-order valence-corrected chi connectivity index (χ2v) is 2.70. The Morgan fingerprint density at radius 2 is 2.50 bits per heavy atom. The van der Waals surface area contributed by atoms with Crippen molar-refractivity contribution in [2.45, 2.75) is 6.92 Å². The molecule has 5 nitrogen and oxygen atoms in total. The number of nitrogens with one attached hydrogen (secondary N) is 1. The van der Waals surface area contributed by atoms with Crippen LogP contribution in [0.25, 0.3) is 0 Å². The molecular weight excluding hydrogens is 182 g/mol. The van der Waals surface area contributed by atoms with Gasteiger partial charge in [-0.2, -0.15) is 0 Å². The summed E-state index contributed by atoms with van der Waals surface area (Å²) in [5.41, 5.74) is 0.871.